The van der Waals surface area contributed by atoms with Crippen molar-refractivity contribution in [2.75, 3.05) is 26.2 Å². The lowest BCUT2D eigenvalue weighted by molar-refractivity contribution is 0.0711. The van der Waals surface area contributed by atoms with E-state index >= 15 is 0 Å². The Bertz CT molecular complexity index is 961. The van der Waals surface area contributed by atoms with Crippen LogP contribution in [0.2, 0.25) is 0 Å². The van der Waals surface area contributed by atoms with E-state index in [1.165, 1.54) is 24.0 Å². The summed E-state index contributed by atoms with van der Waals surface area (Å²) in [5, 5.41) is 0. The van der Waals surface area contributed by atoms with Gasteiger partial charge in [0.1, 0.15) is 0 Å². The second-order valence-electron chi connectivity index (χ2n) is 8.87. The summed E-state index contributed by atoms with van der Waals surface area (Å²) in [6.45, 7) is 7.22. The molecule has 1 atom stereocenters. The number of likely N-dealkylation sites (tertiary alicyclic amines) is 1. The number of carbonyl (C=O) groups is 2. The predicted octanol–water partition coefficient (Wildman–Crippen LogP) is 3.33. The lowest BCUT2D eigenvalue weighted by Gasteiger charge is -2.31. The maximum atomic E-state index is 13.1. The maximum absolute atomic E-state index is 13.1. The van der Waals surface area contributed by atoms with Crippen LogP contribution < -0.4 is 0 Å². The standard InChI is InChI=1S/C25H29N3O2/c1-18-5-4-11-26(18)13-14-27-12-10-19-15-20(8-9-23(19)25(27)30)24(29)28-16-21-6-2-3-7-22(21)17-28/h2-3,6-9,15,18H,4-5,10-14,16-17H2,1H3/t18-/m1/s1. The van der Waals surface area contributed by atoms with Gasteiger partial charge in [-0.15, -0.1) is 0 Å². The molecule has 0 aromatic heterocycles. The highest BCUT2D eigenvalue weighted by Crippen LogP contribution is 2.26. The van der Waals surface area contributed by atoms with E-state index in [0.717, 1.165) is 43.7 Å². The van der Waals surface area contributed by atoms with Crippen LogP contribution in [0, 0.1) is 0 Å². The molecule has 0 aliphatic carbocycles. The molecule has 3 heterocycles. The van der Waals surface area contributed by atoms with Crippen LogP contribution in [0.25, 0.3) is 0 Å². The molecule has 2 aromatic rings. The summed E-state index contributed by atoms with van der Waals surface area (Å²) in [5.74, 6) is 0.155. The number of rotatable bonds is 4. The molecule has 0 N–H and O–H groups in total. The fraction of sp³-hybridized carbons (Fsp3) is 0.440. The first-order valence-corrected chi connectivity index (χ1v) is 11.1. The molecule has 30 heavy (non-hydrogen) atoms. The van der Waals surface area contributed by atoms with E-state index < -0.39 is 0 Å². The molecule has 2 amide bonds. The second-order valence-corrected chi connectivity index (χ2v) is 8.87. The van der Waals surface area contributed by atoms with E-state index in [1.807, 2.05) is 40.1 Å². The third kappa shape index (κ3) is 3.52. The summed E-state index contributed by atoms with van der Waals surface area (Å²) >= 11 is 0. The van der Waals surface area contributed by atoms with E-state index in [9.17, 15) is 9.59 Å². The van der Waals surface area contributed by atoms with E-state index in [1.54, 1.807) is 0 Å². The van der Waals surface area contributed by atoms with Crippen LogP contribution in [-0.4, -0.2) is 58.7 Å². The Morgan fingerprint density at radius 3 is 2.47 bits per heavy atom. The average molecular weight is 404 g/mol. The van der Waals surface area contributed by atoms with Crippen molar-refractivity contribution in [3.8, 4) is 0 Å². The molecular weight excluding hydrogens is 374 g/mol. The zero-order chi connectivity index (χ0) is 20.7. The quantitative estimate of drug-likeness (QED) is 0.787. The van der Waals surface area contributed by atoms with Crippen LogP contribution in [0.3, 0.4) is 0 Å². The highest BCUT2D eigenvalue weighted by molar-refractivity contribution is 6.00. The number of amides is 2. The van der Waals surface area contributed by atoms with Gasteiger partial charge in [0.25, 0.3) is 11.8 Å². The molecule has 5 rings (SSSR count). The molecule has 1 saturated heterocycles. The summed E-state index contributed by atoms with van der Waals surface area (Å²) in [7, 11) is 0. The summed E-state index contributed by atoms with van der Waals surface area (Å²) in [6.07, 6.45) is 3.34. The molecule has 5 nitrogen and oxygen atoms in total. The lowest BCUT2D eigenvalue weighted by atomic mass is 9.96. The van der Waals surface area contributed by atoms with Gasteiger partial charge in [-0.1, -0.05) is 24.3 Å². The Morgan fingerprint density at radius 1 is 1.00 bits per heavy atom. The summed E-state index contributed by atoms with van der Waals surface area (Å²) < 4.78 is 0. The predicted molar refractivity (Wildman–Crippen MR) is 116 cm³/mol. The smallest absolute Gasteiger partial charge is 0.254 e. The molecule has 0 unspecified atom stereocenters. The van der Waals surface area contributed by atoms with Crippen molar-refractivity contribution in [2.24, 2.45) is 0 Å². The monoisotopic (exact) mass is 403 g/mol. The minimum Gasteiger partial charge on any atom is -0.337 e. The molecule has 3 aliphatic heterocycles. The van der Waals surface area contributed by atoms with Crippen LogP contribution in [-0.2, 0) is 19.5 Å². The first-order chi connectivity index (χ1) is 14.6. The Morgan fingerprint density at radius 2 is 1.77 bits per heavy atom. The SMILES string of the molecule is C[C@@H]1CCCN1CCN1CCc2cc(C(=O)N3Cc4ccccc4C3)ccc2C1=O. The first kappa shape index (κ1) is 19.3. The van der Waals surface area contributed by atoms with Gasteiger partial charge in [0.2, 0.25) is 0 Å². The van der Waals surface area contributed by atoms with Gasteiger partial charge in [-0.05, 0) is 67.6 Å². The van der Waals surface area contributed by atoms with Crippen molar-refractivity contribution >= 4 is 11.8 Å². The number of hydrogen-bond acceptors (Lipinski definition) is 3. The Balaban J connectivity index is 1.26. The fourth-order valence-corrected chi connectivity index (χ4v) is 5.12. The van der Waals surface area contributed by atoms with Crippen molar-refractivity contribution < 1.29 is 9.59 Å². The third-order valence-electron chi connectivity index (χ3n) is 7.00. The van der Waals surface area contributed by atoms with Crippen molar-refractivity contribution in [1.29, 1.82) is 0 Å². The zero-order valence-corrected chi connectivity index (χ0v) is 17.6. The zero-order valence-electron chi connectivity index (χ0n) is 17.6. The Kier molecular flexibility index (Phi) is 5.07. The van der Waals surface area contributed by atoms with Gasteiger partial charge in [-0.25, -0.2) is 0 Å². The number of fused-ring (bicyclic) bond motifs is 2. The first-order valence-electron chi connectivity index (χ1n) is 11.1. The topological polar surface area (TPSA) is 43.9 Å². The summed E-state index contributed by atoms with van der Waals surface area (Å²) in [4.78, 5) is 32.4. The van der Waals surface area contributed by atoms with Crippen LogP contribution in [0.1, 0.15) is 57.2 Å². The van der Waals surface area contributed by atoms with Crippen LogP contribution in [0.5, 0.6) is 0 Å². The molecule has 0 radical (unpaired) electrons. The van der Waals surface area contributed by atoms with Gasteiger partial charge < -0.3 is 9.80 Å². The molecule has 156 valence electrons. The third-order valence-corrected chi connectivity index (χ3v) is 7.00. The van der Waals surface area contributed by atoms with Crippen molar-refractivity contribution in [1.82, 2.24) is 14.7 Å². The normalized spacial score (nSPS) is 21.1. The van der Waals surface area contributed by atoms with Gasteiger partial charge in [0, 0.05) is 49.9 Å². The molecule has 5 heteroatoms. The van der Waals surface area contributed by atoms with Crippen molar-refractivity contribution in [3.63, 3.8) is 0 Å². The average Bonchev–Trinajstić information content (AvgIpc) is 3.38. The van der Waals surface area contributed by atoms with E-state index in [-0.39, 0.29) is 11.8 Å². The molecule has 3 aliphatic rings. The molecule has 0 bridgehead atoms. The van der Waals surface area contributed by atoms with Gasteiger partial charge in [-0.3, -0.25) is 14.5 Å². The second kappa shape index (κ2) is 7.88. The van der Waals surface area contributed by atoms with E-state index in [4.69, 9.17) is 0 Å². The van der Waals surface area contributed by atoms with Gasteiger partial charge in [0.15, 0.2) is 0 Å². The summed E-state index contributed by atoms with van der Waals surface area (Å²) in [5.41, 5.74) is 4.91. The van der Waals surface area contributed by atoms with Crippen LogP contribution in [0.15, 0.2) is 42.5 Å². The van der Waals surface area contributed by atoms with Crippen molar-refractivity contribution in [3.05, 3.63) is 70.3 Å². The fourth-order valence-electron chi connectivity index (χ4n) is 5.12. The highest BCUT2D eigenvalue weighted by Gasteiger charge is 2.29. The number of nitrogens with zero attached hydrogens (tertiary/aromatic N) is 3. The Labute approximate surface area is 178 Å². The van der Waals surface area contributed by atoms with Gasteiger partial charge in [-0.2, -0.15) is 0 Å². The number of carbonyl (C=O) groups excluding carboxylic acids is 2. The van der Waals surface area contributed by atoms with E-state index in [0.29, 0.717) is 24.7 Å². The number of benzene rings is 2. The lowest BCUT2D eigenvalue weighted by Crippen LogP contribution is -2.43. The molecule has 2 aromatic carbocycles. The number of hydrogen-bond donors (Lipinski definition) is 0. The van der Waals surface area contributed by atoms with Crippen LogP contribution >= 0.6 is 0 Å². The highest BCUT2D eigenvalue weighted by atomic mass is 16.2. The Hall–Kier alpha value is -2.66. The minimum absolute atomic E-state index is 0.0481. The maximum Gasteiger partial charge on any atom is 0.254 e. The minimum atomic E-state index is 0.0481. The van der Waals surface area contributed by atoms with Crippen LogP contribution in [0.4, 0.5) is 0 Å². The molecule has 0 spiro atoms. The van der Waals surface area contributed by atoms with Gasteiger partial charge in [0.05, 0.1) is 0 Å². The largest absolute Gasteiger partial charge is 0.337 e. The molecule has 1 fully saturated rings. The summed E-state index contributed by atoms with van der Waals surface area (Å²) in [6, 6.07) is 14.5. The molecule has 0 saturated carbocycles. The van der Waals surface area contributed by atoms with Gasteiger partial charge >= 0.3 is 0 Å². The van der Waals surface area contributed by atoms with Crippen molar-refractivity contribution in [2.45, 2.75) is 45.3 Å². The van der Waals surface area contributed by atoms with E-state index in [2.05, 4.69) is 24.0 Å². The molecular formula is C25H29N3O2.